The van der Waals surface area contributed by atoms with Crippen LogP contribution in [0.4, 0.5) is 5.82 Å². The van der Waals surface area contributed by atoms with E-state index in [0.29, 0.717) is 40.9 Å². The van der Waals surface area contributed by atoms with Crippen LogP contribution in [-0.4, -0.2) is 37.3 Å². The molecule has 2 rings (SSSR count). The predicted octanol–water partition coefficient (Wildman–Crippen LogP) is 5.20. The number of nitrogens with zero attached hydrogens (tertiary/aromatic N) is 2. The van der Waals surface area contributed by atoms with Crippen molar-refractivity contribution in [1.82, 2.24) is 9.97 Å². The van der Waals surface area contributed by atoms with Gasteiger partial charge in [0.05, 0.1) is 32.6 Å². The lowest BCUT2D eigenvalue weighted by atomic mass is 9.98. The minimum absolute atomic E-state index is 0.322. The van der Waals surface area contributed by atoms with Crippen LogP contribution in [0, 0.1) is 6.92 Å². The van der Waals surface area contributed by atoms with Crippen LogP contribution >= 0.6 is 0 Å². The molecular formula is C22H33N3O3. The van der Waals surface area contributed by atoms with Crippen molar-refractivity contribution in [2.75, 3.05) is 26.6 Å². The third-order valence-electron chi connectivity index (χ3n) is 4.99. The summed E-state index contributed by atoms with van der Waals surface area (Å²) in [5, 5.41) is 3.44. The largest absolute Gasteiger partial charge is 0.496 e. The summed E-state index contributed by atoms with van der Waals surface area (Å²) in [6.07, 6.45) is 2.00. The van der Waals surface area contributed by atoms with E-state index >= 15 is 0 Å². The van der Waals surface area contributed by atoms with Crippen LogP contribution in [0.1, 0.15) is 57.7 Å². The first-order valence-corrected chi connectivity index (χ1v) is 9.85. The Bertz CT molecular complexity index is 777. The molecule has 6 heteroatoms. The lowest BCUT2D eigenvalue weighted by molar-refractivity contribution is 0.391. The normalized spacial score (nSPS) is 11.1. The van der Waals surface area contributed by atoms with Crippen molar-refractivity contribution in [3.05, 3.63) is 23.4 Å². The Morgan fingerprint density at radius 1 is 0.929 bits per heavy atom. The second kappa shape index (κ2) is 9.62. The highest BCUT2D eigenvalue weighted by molar-refractivity contribution is 5.77. The Hall–Kier alpha value is -2.50. The van der Waals surface area contributed by atoms with Crippen molar-refractivity contribution in [2.24, 2.45) is 0 Å². The zero-order valence-electron chi connectivity index (χ0n) is 18.3. The lowest BCUT2D eigenvalue weighted by Gasteiger charge is -2.20. The smallest absolute Gasteiger partial charge is 0.257 e. The Kier molecular flexibility index (Phi) is 7.49. The summed E-state index contributed by atoms with van der Waals surface area (Å²) in [6, 6.07) is 4.39. The summed E-state index contributed by atoms with van der Waals surface area (Å²) in [7, 11) is 4.92. The highest BCUT2D eigenvalue weighted by atomic mass is 16.5. The van der Waals surface area contributed by atoms with E-state index in [0.717, 1.165) is 29.7 Å². The number of aryl methyl sites for hydroxylation is 1. The van der Waals surface area contributed by atoms with Gasteiger partial charge in [-0.2, -0.15) is 0 Å². The van der Waals surface area contributed by atoms with Crippen LogP contribution in [0.25, 0.3) is 11.3 Å². The van der Waals surface area contributed by atoms with Gasteiger partial charge < -0.3 is 19.5 Å². The standard InChI is InChI=1S/C22H33N3O3/c1-9-16(10-2)24-21-22(28-8)25-20(14(5)23-21)19-17(26-6)11-15(13(3)4)12-18(19)27-7/h11-13,16H,9-10H2,1-8H3,(H,23,24). The number of ether oxygens (including phenoxy) is 3. The molecule has 0 aliphatic heterocycles. The number of rotatable bonds is 9. The molecule has 0 aliphatic rings. The summed E-state index contributed by atoms with van der Waals surface area (Å²) in [4.78, 5) is 9.52. The molecule has 154 valence electrons. The predicted molar refractivity (Wildman–Crippen MR) is 114 cm³/mol. The average Bonchev–Trinajstić information content (AvgIpc) is 2.71. The van der Waals surface area contributed by atoms with Crippen LogP contribution in [0.3, 0.4) is 0 Å². The molecule has 0 fully saturated rings. The van der Waals surface area contributed by atoms with Crippen LogP contribution in [0.2, 0.25) is 0 Å². The first kappa shape index (κ1) is 21.8. The van der Waals surface area contributed by atoms with E-state index in [1.807, 2.05) is 19.1 Å². The van der Waals surface area contributed by atoms with Crippen molar-refractivity contribution < 1.29 is 14.2 Å². The SMILES string of the molecule is CCC(CC)Nc1nc(C)c(-c2c(OC)cc(C(C)C)cc2OC)nc1OC. The van der Waals surface area contributed by atoms with Crippen LogP contribution in [0.5, 0.6) is 17.4 Å². The summed E-state index contributed by atoms with van der Waals surface area (Å²) >= 11 is 0. The number of aromatic nitrogens is 2. The Morgan fingerprint density at radius 3 is 1.93 bits per heavy atom. The molecule has 0 spiro atoms. The highest BCUT2D eigenvalue weighted by Crippen LogP contribution is 2.42. The summed E-state index contributed by atoms with van der Waals surface area (Å²) < 4.78 is 16.9. The van der Waals surface area contributed by atoms with Crippen molar-refractivity contribution in [3.8, 4) is 28.6 Å². The van der Waals surface area contributed by atoms with E-state index in [1.165, 1.54) is 0 Å². The first-order chi connectivity index (χ1) is 13.4. The Morgan fingerprint density at radius 2 is 1.50 bits per heavy atom. The van der Waals surface area contributed by atoms with Crippen molar-refractivity contribution >= 4 is 5.82 Å². The van der Waals surface area contributed by atoms with Gasteiger partial charge in [-0.05, 0) is 43.4 Å². The number of nitrogens with one attached hydrogen (secondary N) is 1. The monoisotopic (exact) mass is 387 g/mol. The van der Waals surface area contributed by atoms with Gasteiger partial charge in [0.15, 0.2) is 5.82 Å². The molecule has 0 atom stereocenters. The minimum Gasteiger partial charge on any atom is -0.496 e. The van der Waals surface area contributed by atoms with Crippen molar-refractivity contribution in [1.29, 1.82) is 0 Å². The zero-order chi connectivity index (χ0) is 20.8. The van der Waals surface area contributed by atoms with Gasteiger partial charge in [0.1, 0.15) is 17.2 Å². The Balaban J connectivity index is 2.65. The molecule has 0 saturated heterocycles. The average molecular weight is 388 g/mol. The zero-order valence-corrected chi connectivity index (χ0v) is 18.3. The van der Waals surface area contributed by atoms with Gasteiger partial charge >= 0.3 is 0 Å². The third-order valence-corrected chi connectivity index (χ3v) is 4.99. The van der Waals surface area contributed by atoms with E-state index in [9.17, 15) is 0 Å². The van der Waals surface area contributed by atoms with Gasteiger partial charge in [-0.15, -0.1) is 0 Å². The fourth-order valence-corrected chi connectivity index (χ4v) is 3.16. The van der Waals surface area contributed by atoms with E-state index in [1.54, 1.807) is 21.3 Å². The molecule has 28 heavy (non-hydrogen) atoms. The highest BCUT2D eigenvalue weighted by Gasteiger charge is 2.22. The maximum Gasteiger partial charge on any atom is 0.257 e. The van der Waals surface area contributed by atoms with E-state index in [2.05, 4.69) is 33.0 Å². The lowest BCUT2D eigenvalue weighted by Crippen LogP contribution is -2.19. The molecule has 0 amide bonds. The fourth-order valence-electron chi connectivity index (χ4n) is 3.16. The number of benzene rings is 1. The van der Waals surface area contributed by atoms with E-state index in [-0.39, 0.29) is 0 Å². The minimum atomic E-state index is 0.322. The number of methoxy groups -OCH3 is 3. The maximum atomic E-state index is 5.69. The molecule has 0 aliphatic carbocycles. The molecule has 0 bridgehead atoms. The molecule has 1 N–H and O–H groups in total. The molecule has 2 aromatic rings. The molecule has 1 aromatic carbocycles. The molecular weight excluding hydrogens is 354 g/mol. The van der Waals surface area contributed by atoms with Gasteiger partial charge in [-0.3, -0.25) is 0 Å². The van der Waals surface area contributed by atoms with Crippen molar-refractivity contribution in [3.63, 3.8) is 0 Å². The molecule has 1 aromatic heterocycles. The van der Waals surface area contributed by atoms with Gasteiger partial charge in [-0.1, -0.05) is 27.7 Å². The summed E-state index contributed by atoms with van der Waals surface area (Å²) in [5.41, 5.74) is 3.40. The Labute approximate surface area is 168 Å². The molecule has 6 nitrogen and oxygen atoms in total. The van der Waals surface area contributed by atoms with Crippen molar-refractivity contribution in [2.45, 2.75) is 59.4 Å². The molecule has 0 unspecified atom stereocenters. The fraction of sp³-hybridized carbons (Fsp3) is 0.545. The second-order valence-electron chi connectivity index (χ2n) is 7.13. The van der Waals surface area contributed by atoms with Gasteiger partial charge in [0.25, 0.3) is 5.88 Å². The van der Waals surface area contributed by atoms with Crippen LogP contribution in [0.15, 0.2) is 12.1 Å². The summed E-state index contributed by atoms with van der Waals surface area (Å²) in [5.74, 6) is 2.90. The molecule has 0 radical (unpaired) electrons. The number of hydrogen-bond acceptors (Lipinski definition) is 6. The van der Waals surface area contributed by atoms with E-state index < -0.39 is 0 Å². The van der Waals surface area contributed by atoms with E-state index in [4.69, 9.17) is 24.2 Å². The molecule has 1 heterocycles. The number of anilines is 1. The van der Waals surface area contributed by atoms with Crippen LogP contribution in [-0.2, 0) is 0 Å². The number of hydrogen-bond donors (Lipinski definition) is 1. The van der Waals surface area contributed by atoms with Gasteiger partial charge in [0, 0.05) is 6.04 Å². The van der Waals surface area contributed by atoms with Crippen LogP contribution < -0.4 is 19.5 Å². The van der Waals surface area contributed by atoms with Gasteiger partial charge in [-0.25, -0.2) is 9.97 Å². The third kappa shape index (κ3) is 4.49. The summed E-state index contributed by atoms with van der Waals surface area (Å²) in [6.45, 7) is 10.5. The topological polar surface area (TPSA) is 65.5 Å². The van der Waals surface area contributed by atoms with Gasteiger partial charge in [0.2, 0.25) is 0 Å². The second-order valence-corrected chi connectivity index (χ2v) is 7.13. The molecule has 0 saturated carbocycles. The first-order valence-electron chi connectivity index (χ1n) is 9.85. The quantitative estimate of drug-likeness (QED) is 0.638. The maximum absolute atomic E-state index is 5.69.